The normalized spacial score (nSPS) is 17.5. The van der Waals surface area contributed by atoms with Crippen LogP contribution in [0.25, 0.3) is 5.57 Å². The third-order valence-corrected chi connectivity index (χ3v) is 5.47. The number of benzene rings is 2. The zero-order chi connectivity index (χ0) is 20.5. The Kier molecular flexibility index (Phi) is 5.58. The number of imide groups is 1. The second kappa shape index (κ2) is 8.14. The van der Waals surface area contributed by atoms with E-state index in [1.54, 1.807) is 30.3 Å². The number of ether oxygens (including phenoxy) is 1. The van der Waals surface area contributed by atoms with Crippen LogP contribution in [0.2, 0.25) is 10.0 Å². The van der Waals surface area contributed by atoms with Crippen LogP contribution >= 0.6 is 23.2 Å². The molecule has 4 rings (SSSR count). The van der Waals surface area contributed by atoms with Crippen molar-refractivity contribution in [1.29, 1.82) is 0 Å². The van der Waals surface area contributed by atoms with Crippen molar-refractivity contribution >= 4 is 40.6 Å². The average molecular weight is 435 g/mol. The lowest BCUT2D eigenvalue weighted by molar-refractivity contribution is -0.138. The number of hydrogen-bond acceptors (Lipinski definition) is 4. The Bertz CT molecular complexity index is 1000. The van der Waals surface area contributed by atoms with Gasteiger partial charge in [-0.15, -0.1) is 0 Å². The number of carbonyl (C=O) groups excluding carboxylic acids is 2. The fourth-order valence-corrected chi connectivity index (χ4v) is 4.00. The van der Waals surface area contributed by atoms with Gasteiger partial charge in [-0.05, 0) is 29.8 Å². The molecule has 0 N–H and O–H groups in total. The summed E-state index contributed by atoms with van der Waals surface area (Å²) in [5.41, 5.74) is 1.67. The molecule has 5 nitrogen and oxygen atoms in total. The van der Waals surface area contributed by atoms with Gasteiger partial charge >= 0.3 is 0 Å². The molecule has 2 aliphatic heterocycles. The summed E-state index contributed by atoms with van der Waals surface area (Å²) >= 11 is 12.4. The van der Waals surface area contributed by atoms with Gasteiger partial charge in [0.2, 0.25) is 0 Å². The Balaban J connectivity index is 1.76. The Morgan fingerprint density at radius 1 is 0.966 bits per heavy atom. The summed E-state index contributed by atoms with van der Waals surface area (Å²) in [5, 5.41) is 0.732. The summed E-state index contributed by atoms with van der Waals surface area (Å²) in [6.07, 6.45) is 0. The Labute approximate surface area is 177 Å². The van der Waals surface area contributed by atoms with Crippen molar-refractivity contribution < 1.29 is 18.7 Å². The van der Waals surface area contributed by atoms with Gasteiger partial charge < -0.3 is 9.64 Å². The molecule has 2 heterocycles. The summed E-state index contributed by atoms with van der Waals surface area (Å²) < 4.78 is 18.6. The Morgan fingerprint density at radius 2 is 1.66 bits per heavy atom. The summed E-state index contributed by atoms with van der Waals surface area (Å²) in [5.74, 6) is -1.22. The van der Waals surface area contributed by atoms with E-state index in [-0.39, 0.29) is 17.9 Å². The zero-order valence-corrected chi connectivity index (χ0v) is 16.8. The van der Waals surface area contributed by atoms with Crippen molar-refractivity contribution in [2.24, 2.45) is 0 Å². The van der Waals surface area contributed by atoms with Gasteiger partial charge in [-0.25, -0.2) is 4.39 Å². The SMILES string of the molecule is O=C1C(c2ccc(Cl)cc2Cl)=C(N2CCOCC2)C(=O)N1Cc1ccc(F)cc1. The molecule has 0 saturated carbocycles. The lowest BCUT2D eigenvalue weighted by atomic mass is 10.0. The fourth-order valence-electron chi connectivity index (χ4n) is 3.49. The van der Waals surface area contributed by atoms with Gasteiger partial charge in [-0.2, -0.15) is 0 Å². The van der Waals surface area contributed by atoms with Gasteiger partial charge in [0.05, 0.1) is 30.4 Å². The molecule has 0 atom stereocenters. The summed E-state index contributed by atoms with van der Waals surface area (Å²) in [6, 6.07) is 10.5. The van der Waals surface area contributed by atoms with Crippen LogP contribution in [0.1, 0.15) is 11.1 Å². The maximum atomic E-state index is 13.3. The number of amides is 2. The first-order valence-electron chi connectivity index (χ1n) is 9.09. The van der Waals surface area contributed by atoms with Gasteiger partial charge in [0, 0.05) is 23.7 Å². The highest BCUT2D eigenvalue weighted by Gasteiger charge is 2.42. The number of nitrogens with zero attached hydrogens (tertiary/aromatic N) is 2. The van der Waals surface area contributed by atoms with Crippen LogP contribution in [-0.2, 0) is 20.9 Å². The maximum Gasteiger partial charge on any atom is 0.278 e. The first-order valence-corrected chi connectivity index (χ1v) is 9.84. The van der Waals surface area contributed by atoms with Crippen LogP contribution in [0.3, 0.4) is 0 Å². The predicted octanol–water partition coefficient (Wildman–Crippen LogP) is 3.74. The lowest BCUT2D eigenvalue weighted by Crippen LogP contribution is -2.40. The molecule has 0 aliphatic carbocycles. The molecular formula is C21H17Cl2FN2O3. The van der Waals surface area contributed by atoms with E-state index in [0.717, 1.165) is 4.90 Å². The number of hydrogen-bond donors (Lipinski definition) is 0. The minimum Gasteiger partial charge on any atom is -0.378 e. The summed E-state index contributed by atoms with van der Waals surface area (Å²) in [6.45, 7) is 1.95. The molecule has 8 heteroatoms. The van der Waals surface area contributed by atoms with Gasteiger partial charge in [0.15, 0.2) is 0 Å². The quantitative estimate of drug-likeness (QED) is 0.687. The standard InChI is InChI=1S/C21H17Cl2FN2O3/c22-14-3-6-16(17(23)11-14)18-19(25-7-9-29-10-8-25)21(28)26(20(18)27)12-13-1-4-15(24)5-2-13/h1-6,11H,7-10,12H2. The summed E-state index contributed by atoms with van der Waals surface area (Å²) in [7, 11) is 0. The first kappa shape index (κ1) is 19.9. The number of halogens is 3. The van der Waals surface area contributed by atoms with Gasteiger partial charge in [0.25, 0.3) is 11.8 Å². The molecule has 0 unspecified atom stereocenters. The first-order chi connectivity index (χ1) is 14.0. The van der Waals surface area contributed by atoms with E-state index in [2.05, 4.69) is 0 Å². The Morgan fingerprint density at radius 3 is 2.31 bits per heavy atom. The van der Waals surface area contributed by atoms with Crippen LogP contribution in [0.15, 0.2) is 48.2 Å². The predicted molar refractivity (Wildman–Crippen MR) is 108 cm³/mol. The van der Waals surface area contributed by atoms with Crippen LogP contribution in [0, 0.1) is 5.82 Å². The third-order valence-electron chi connectivity index (χ3n) is 4.93. The minimum atomic E-state index is -0.440. The van der Waals surface area contributed by atoms with E-state index >= 15 is 0 Å². The third kappa shape index (κ3) is 3.88. The smallest absolute Gasteiger partial charge is 0.278 e. The van der Waals surface area contributed by atoms with Crippen molar-refractivity contribution in [2.75, 3.05) is 26.3 Å². The van der Waals surface area contributed by atoms with E-state index in [1.165, 1.54) is 12.1 Å². The van der Waals surface area contributed by atoms with Crippen LogP contribution in [-0.4, -0.2) is 47.9 Å². The van der Waals surface area contributed by atoms with Crippen molar-refractivity contribution in [3.63, 3.8) is 0 Å². The average Bonchev–Trinajstić information content (AvgIpc) is 2.95. The highest BCUT2D eigenvalue weighted by Crippen LogP contribution is 2.37. The number of rotatable bonds is 4. The van der Waals surface area contributed by atoms with Crippen molar-refractivity contribution in [1.82, 2.24) is 9.80 Å². The van der Waals surface area contributed by atoms with Crippen LogP contribution < -0.4 is 0 Å². The fraction of sp³-hybridized carbons (Fsp3) is 0.238. The molecular weight excluding hydrogens is 418 g/mol. The van der Waals surface area contributed by atoms with Gasteiger partial charge in [-0.3, -0.25) is 14.5 Å². The van der Waals surface area contributed by atoms with E-state index in [1.807, 2.05) is 4.90 Å². The topological polar surface area (TPSA) is 49.9 Å². The van der Waals surface area contributed by atoms with Crippen molar-refractivity contribution in [3.05, 3.63) is 75.2 Å². The largest absolute Gasteiger partial charge is 0.378 e. The second-order valence-corrected chi connectivity index (χ2v) is 7.61. The monoisotopic (exact) mass is 434 g/mol. The highest BCUT2D eigenvalue weighted by molar-refractivity contribution is 6.41. The Hall–Kier alpha value is -2.41. The van der Waals surface area contributed by atoms with Crippen molar-refractivity contribution in [3.8, 4) is 0 Å². The summed E-state index contributed by atoms with van der Waals surface area (Å²) in [4.78, 5) is 29.6. The molecule has 1 fully saturated rings. The molecule has 0 spiro atoms. The molecule has 0 radical (unpaired) electrons. The van der Waals surface area contributed by atoms with E-state index in [0.29, 0.717) is 53.2 Å². The number of carbonyl (C=O) groups is 2. The van der Waals surface area contributed by atoms with Gasteiger partial charge in [0.1, 0.15) is 11.5 Å². The second-order valence-electron chi connectivity index (χ2n) is 6.77. The molecule has 29 heavy (non-hydrogen) atoms. The molecule has 2 aromatic carbocycles. The molecule has 2 aliphatic rings. The van der Waals surface area contributed by atoms with Crippen molar-refractivity contribution in [2.45, 2.75) is 6.54 Å². The van der Waals surface area contributed by atoms with E-state index in [4.69, 9.17) is 27.9 Å². The molecule has 0 bridgehead atoms. The van der Waals surface area contributed by atoms with E-state index in [9.17, 15) is 14.0 Å². The van der Waals surface area contributed by atoms with E-state index < -0.39 is 11.8 Å². The van der Waals surface area contributed by atoms with Crippen LogP contribution in [0.4, 0.5) is 4.39 Å². The molecule has 150 valence electrons. The van der Waals surface area contributed by atoms with Gasteiger partial charge in [-0.1, -0.05) is 41.4 Å². The van der Waals surface area contributed by atoms with Crippen LogP contribution in [0.5, 0.6) is 0 Å². The highest BCUT2D eigenvalue weighted by atomic mass is 35.5. The molecule has 1 saturated heterocycles. The molecule has 2 amide bonds. The molecule has 0 aromatic heterocycles. The lowest BCUT2D eigenvalue weighted by Gasteiger charge is -2.29. The maximum absolute atomic E-state index is 13.3. The number of morpholine rings is 1. The molecule has 2 aromatic rings. The minimum absolute atomic E-state index is 0.0422. The zero-order valence-electron chi connectivity index (χ0n) is 15.3.